The van der Waals surface area contributed by atoms with Crippen molar-refractivity contribution in [2.24, 2.45) is 0 Å². The first-order chi connectivity index (χ1) is 17.8. The largest absolute Gasteiger partial charge is 0.454 e. The smallest absolute Gasteiger partial charge is 0.331 e. The second kappa shape index (κ2) is 8.30. The van der Waals surface area contributed by atoms with Crippen molar-refractivity contribution in [1.82, 2.24) is 9.78 Å². The number of hydrogen-bond acceptors (Lipinski definition) is 5. The van der Waals surface area contributed by atoms with E-state index >= 15 is 0 Å². The third kappa shape index (κ3) is 3.53. The summed E-state index contributed by atoms with van der Waals surface area (Å²) in [6, 6.07) is 13.7. The molecule has 0 atom stereocenters. The molecular weight excluding hydrogens is 479 g/mol. The number of carbonyl (C=O) groups is 2. The van der Waals surface area contributed by atoms with Crippen molar-refractivity contribution in [3.63, 3.8) is 0 Å². The lowest BCUT2D eigenvalue weighted by Gasteiger charge is -2.14. The highest BCUT2D eigenvalue weighted by Gasteiger charge is 2.48. The summed E-state index contributed by atoms with van der Waals surface area (Å²) in [6.45, 7) is 3.58. The summed E-state index contributed by atoms with van der Waals surface area (Å²) >= 11 is 0. The molecule has 6 rings (SSSR count). The zero-order valence-electron chi connectivity index (χ0n) is 19.8. The molecule has 0 saturated heterocycles. The minimum atomic E-state index is -0.655. The maximum atomic E-state index is 13.9. The number of aromatic amines is 1. The number of nitrogens with zero attached hydrogens (tertiary/aromatic N) is 3. The number of imide groups is 1. The van der Waals surface area contributed by atoms with Crippen molar-refractivity contribution in [3.05, 3.63) is 100.0 Å². The summed E-state index contributed by atoms with van der Waals surface area (Å²) < 4.78 is 27.0. The standard InChI is InChI=1S/C27H19FN4O5/c1-15-9-11-30(12-10-15)24-23(22-16(2)29-32(26(22)34)18-5-3-17(28)4-6-18)25(33)31(27(24)35)19-7-8-20-21(13-19)37-14-36-20/h3-13H,14H2,1-2H3/p+1. The molecule has 184 valence electrons. The van der Waals surface area contributed by atoms with Gasteiger partial charge in [-0.15, -0.1) is 0 Å². The highest BCUT2D eigenvalue weighted by molar-refractivity contribution is 6.53. The summed E-state index contributed by atoms with van der Waals surface area (Å²) in [4.78, 5) is 42.4. The van der Waals surface area contributed by atoms with Gasteiger partial charge in [0.25, 0.3) is 17.2 Å². The van der Waals surface area contributed by atoms with Crippen LogP contribution in [0.3, 0.4) is 0 Å². The van der Waals surface area contributed by atoms with E-state index in [0.29, 0.717) is 22.9 Å². The number of anilines is 1. The van der Waals surface area contributed by atoms with E-state index < -0.39 is 23.2 Å². The van der Waals surface area contributed by atoms with E-state index in [1.54, 1.807) is 49.6 Å². The van der Waals surface area contributed by atoms with Gasteiger partial charge in [-0.25, -0.2) is 14.0 Å². The van der Waals surface area contributed by atoms with Gasteiger partial charge < -0.3 is 9.47 Å². The lowest BCUT2D eigenvalue weighted by Crippen LogP contribution is -2.39. The molecule has 0 aliphatic carbocycles. The zero-order chi connectivity index (χ0) is 25.8. The van der Waals surface area contributed by atoms with Crippen LogP contribution in [0.1, 0.15) is 16.8 Å². The van der Waals surface area contributed by atoms with Crippen LogP contribution in [0.15, 0.2) is 71.8 Å². The minimum absolute atomic E-state index is 0.0353. The minimum Gasteiger partial charge on any atom is -0.454 e. The Labute approximate surface area is 209 Å². The average molecular weight is 499 g/mol. The zero-order valence-corrected chi connectivity index (χ0v) is 19.8. The molecule has 9 nitrogen and oxygen atoms in total. The second-order valence-electron chi connectivity index (χ2n) is 8.72. The molecule has 0 bridgehead atoms. The number of carbonyl (C=O) groups excluding carboxylic acids is 2. The molecule has 0 radical (unpaired) electrons. The van der Waals surface area contributed by atoms with Crippen LogP contribution in [-0.4, -0.2) is 28.4 Å². The van der Waals surface area contributed by atoms with Crippen LogP contribution in [-0.2, 0) is 9.59 Å². The molecule has 1 N–H and O–H groups in total. The molecule has 0 saturated carbocycles. The molecule has 37 heavy (non-hydrogen) atoms. The Kier molecular flexibility index (Phi) is 5.04. The number of nitrogens with one attached hydrogen (secondary N) is 1. The predicted octanol–water partition coefficient (Wildman–Crippen LogP) is 2.88. The number of fused-ring (bicyclic) bond motifs is 1. The van der Waals surface area contributed by atoms with Crippen LogP contribution in [0.2, 0.25) is 0 Å². The summed E-state index contributed by atoms with van der Waals surface area (Å²) in [5, 5.41) is 2.95. The van der Waals surface area contributed by atoms with Crippen LogP contribution >= 0.6 is 0 Å². The number of benzene rings is 2. The van der Waals surface area contributed by atoms with Crippen LogP contribution in [0.25, 0.3) is 17.0 Å². The van der Waals surface area contributed by atoms with E-state index in [1.165, 1.54) is 33.5 Å². The van der Waals surface area contributed by atoms with Gasteiger partial charge >= 0.3 is 5.91 Å². The molecule has 0 unspecified atom stereocenters. The Morgan fingerprint density at radius 3 is 2.27 bits per heavy atom. The first kappa shape index (κ1) is 22.5. The number of H-pyrrole nitrogens is 1. The topological polar surface area (TPSA) is 97.5 Å². The van der Waals surface area contributed by atoms with Crippen molar-refractivity contribution in [3.8, 4) is 17.2 Å². The van der Waals surface area contributed by atoms with Gasteiger partial charge in [0, 0.05) is 23.9 Å². The number of rotatable bonds is 4. The van der Waals surface area contributed by atoms with Crippen LogP contribution < -0.4 is 24.5 Å². The first-order valence-electron chi connectivity index (χ1n) is 11.4. The predicted molar refractivity (Wildman–Crippen MR) is 131 cm³/mol. The summed E-state index contributed by atoms with van der Waals surface area (Å²) in [5.41, 5.74) is 1.50. The van der Waals surface area contributed by atoms with Gasteiger partial charge in [-0.05, 0) is 55.8 Å². The van der Waals surface area contributed by atoms with Crippen LogP contribution in [0.5, 0.6) is 11.5 Å². The van der Waals surface area contributed by atoms with E-state index in [4.69, 9.17) is 9.47 Å². The second-order valence-corrected chi connectivity index (χ2v) is 8.72. The van der Waals surface area contributed by atoms with Gasteiger partial charge in [0.1, 0.15) is 11.4 Å². The average Bonchev–Trinajstić information content (AvgIpc) is 3.54. The molecule has 2 amide bonds. The van der Waals surface area contributed by atoms with Gasteiger partial charge in [-0.1, -0.05) is 0 Å². The number of pyridine rings is 1. The van der Waals surface area contributed by atoms with E-state index in [2.05, 4.69) is 5.10 Å². The van der Waals surface area contributed by atoms with E-state index in [9.17, 15) is 18.8 Å². The number of ether oxygens (including phenoxy) is 2. The van der Waals surface area contributed by atoms with Crippen LogP contribution in [0.4, 0.5) is 10.1 Å². The van der Waals surface area contributed by atoms with E-state index in [1.807, 2.05) is 6.92 Å². The highest BCUT2D eigenvalue weighted by Crippen LogP contribution is 2.39. The van der Waals surface area contributed by atoms with E-state index in [-0.39, 0.29) is 29.3 Å². The number of amides is 2. The highest BCUT2D eigenvalue weighted by atomic mass is 19.1. The Balaban J connectivity index is 1.55. The van der Waals surface area contributed by atoms with Gasteiger partial charge in [0.05, 0.1) is 16.9 Å². The molecule has 2 aliphatic heterocycles. The normalized spacial score (nSPS) is 14.7. The van der Waals surface area contributed by atoms with Crippen LogP contribution in [0, 0.1) is 19.7 Å². The Hall–Kier alpha value is -4.99. The number of aromatic nitrogens is 3. The Morgan fingerprint density at radius 2 is 1.54 bits per heavy atom. The Bertz CT molecular complexity index is 1680. The quantitative estimate of drug-likeness (QED) is 0.344. The van der Waals surface area contributed by atoms with Crippen molar-refractivity contribution in [1.29, 1.82) is 0 Å². The molecule has 4 heterocycles. The number of halogens is 1. The van der Waals surface area contributed by atoms with Crippen molar-refractivity contribution in [2.45, 2.75) is 13.8 Å². The molecule has 0 spiro atoms. The summed E-state index contributed by atoms with van der Waals surface area (Å²) in [7, 11) is 0. The van der Waals surface area contributed by atoms with Crippen molar-refractivity contribution >= 4 is 28.8 Å². The molecule has 10 heteroatoms. The SMILES string of the molecule is Cc1cc[n+](C2=C(c3c(C)[nH]n(-c4ccc(F)cc4)c3=O)C(=O)N(c3ccc4c(c3)OCO4)C2=O)cc1. The Morgan fingerprint density at radius 1 is 0.865 bits per heavy atom. The lowest BCUT2D eigenvalue weighted by molar-refractivity contribution is -0.576. The third-order valence-electron chi connectivity index (χ3n) is 6.33. The molecule has 2 aromatic heterocycles. The van der Waals surface area contributed by atoms with Crippen molar-refractivity contribution < 1.29 is 28.0 Å². The van der Waals surface area contributed by atoms with Gasteiger partial charge in [-0.2, -0.15) is 4.57 Å². The first-order valence-corrected chi connectivity index (χ1v) is 11.4. The monoisotopic (exact) mass is 499 g/mol. The van der Waals surface area contributed by atoms with Crippen molar-refractivity contribution in [2.75, 3.05) is 11.7 Å². The fraction of sp³-hybridized carbons (Fsp3) is 0.111. The molecule has 4 aromatic rings. The molecule has 2 aromatic carbocycles. The van der Waals surface area contributed by atoms with Gasteiger partial charge in [0.2, 0.25) is 6.79 Å². The summed E-state index contributed by atoms with van der Waals surface area (Å²) in [5.74, 6) is -0.782. The van der Waals surface area contributed by atoms with E-state index in [0.717, 1.165) is 10.5 Å². The molecular formula is C27H20FN4O5+. The third-order valence-corrected chi connectivity index (χ3v) is 6.33. The number of hydrogen-bond donors (Lipinski definition) is 1. The van der Waals surface area contributed by atoms with Gasteiger partial charge in [-0.3, -0.25) is 19.5 Å². The fourth-order valence-electron chi connectivity index (χ4n) is 4.50. The lowest BCUT2D eigenvalue weighted by atomic mass is 10.1. The fourth-order valence-corrected chi connectivity index (χ4v) is 4.50. The molecule has 2 aliphatic rings. The maximum absolute atomic E-state index is 13.9. The van der Waals surface area contributed by atoms with Gasteiger partial charge in [0.15, 0.2) is 23.9 Å². The summed E-state index contributed by atoms with van der Waals surface area (Å²) in [6.07, 6.45) is 3.33. The number of aryl methyl sites for hydroxylation is 2. The maximum Gasteiger partial charge on any atom is 0.331 e. The molecule has 0 fully saturated rings.